The van der Waals surface area contributed by atoms with Gasteiger partial charge in [0.15, 0.2) is 0 Å². The van der Waals surface area contributed by atoms with Gasteiger partial charge in [0.1, 0.15) is 11.6 Å². The van der Waals surface area contributed by atoms with Gasteiger partial charge in [0.25, 0.3) is 5.91 Å². The van der Waals surface area contributed by atoms with Crippen molar-refractivity contribution in [2.45, 2.75) is 78.8 Å². The number of carbonyl (C=O) groups excluding carboxylic acids is 1. The van der Waals surface area contributed by atoms with Crippen molar-refractivity contribution in [3.63, 3.8) is 0 Å². The number of H-pyrrole nitrogens is 2. The number of aromatic amines is 2. The van der Waals surface area contributed by atoms with Crippen LogP contribution in [-0.2, 0) is 13.1 Å². The number of carboxylic acid groups (broad SMARTS) is 1. The molecule has 13 heteroatoms. The number of nitrogens with zero attached hydrogens (tertiary/aromatic N) is 3. The molecule has 2 fully saturated rings. The minimum atomic E-state index is -0.874. The van der Waals surface area contributed by atoms with E-state index in [2.05, 4.69) is 52.8 Å². The zero-order valence-corrected chi connectivity index (χ0v) is 38.9. The number of halogens is 2. The molecule has 0 saturated carbocycles. The maximum absolute atomic E-state index is 13.3. The third kappa shape index (κ3) is 12.2. The third-order valence-electron chi connectivity index (χ3n) is 11.1. The van der Waals surface area contributed by atoms with Crippen molar-refractivity contribution in [2.24, 2.45) is 0 Å². The second-order valence-corrected chi connectivity index (χ2v) is 15.7. The molecule has 1 amide bonds. The van der Waals surface area contributed by atoms with Gasteiger partial charge in [0.05, 0.1) is 13.9 Å². The molecule has 1 radical (unpaired) electrons. The molecule has 4 heterocycles. The van der Waals surface area contributed by atoms with Gasteiger partial charge in [0, 0.05) is 134 Å². The molecule has 2 saturated heterocycles. The number of fused-ring (bicyclic) bond motifs is 2. The Morgan fingerprint density at radius 3 is 1.69 bits per heavy atom. The minimum absolute atomic E-state index is 0. The Bertz CT molecular complexity index is 2330. The molecule has 0 spiro atoms. The molecular formula is C46H56BF2N6O3U. The zero-order chi connectivity index (χ0) is 43.5. The van der Waals surface area contributed by atoms with E-state index in [1.807, 2.05) is 72.6 Å². The first kappa shape index (κ1) is 44.3. The summed E-state index contributed by atoms with van der Waals surface area (Å²) >= 11 is 0. The second-order valence-electron chi connectivity index (χ2n) is 15.7. The predicted molar refractivity (Wildman–Crippen MR) is 232 cm³/mol. The molecular weight excluding hydrogens is 971 g/mol. The Morgan fingerprint density at radius 2 is 1.19 bits per heavy atom. The molecule has 0 aliphatic carbocycles. The number of aromatic carboxylic acids is 1. The van der Waals surface area contributed by atoms with Crippen molar-refractivity contribution < 1.29 is 54.6 Å². The fourth-order valence-corrected chi connectivity index (χ4v) is 7.70. The van der Waals surface area contributed by atoms with Crippen molar-refractivity contribution in [2.75, 3.05) is 26.2 Å². The first-order chi connectivity index (χ1) is 28.7. The first-order valence-electron chi connectivity index (χ1n) is 20.8. The third-order valence-corrected chi connectivity index (χ3v) is 11.1. The summed E-state index contributed by atoms with van der Waals surface area (Å²) in [5.41, 5.74) is 7.22. The van der Waals surface area contributed by atoms with Crippen LogP contribution in [0.3, 0.4) is 0 Å². The Labute approximate surface area is 374 Å². The van der Waals surface area contributed by atoms with Gasteiger partial charge in [-0.1, -0.05) is 24.3 Å². The van der Waals surface area contributed by atoms with Gasteiger partial charge < -0.3 is 25.3 Å². The Hall–Kier alpha value is -4.24. The van der Waals surface area contributed by atoms with Crippen molar-refractivity contribution in [1.29, 1.82) is 2.67 Å². The number of rotatable bonds is 6. The van der Waals surface area contributed by atoms with Crippen LogP contribution in [-0.4, -0.2) is 103 Å². The number of piperazine rings is 2. The van der Waals surface area contributed by atoms with Crippen molar-refractivity contribution in [3.8, 4) is 0 Å². The van der Waals surface area contributed by atoms with E-state index in [1.54, 1.807) is 19.2 Å². The Kier molecular flexibility index (Phi) is 16.0. The number of hydrogen-bond donors (Lipinski definition) is 4. The quantitative estimate of drug-likeness (QED) is 0.128. The normalized spacial score (nSPS) is 19.7. The van der Waals surface area contributed by atoms with E-state index in [0.29, 0.717) is 32.5 Å². The summed E-state index contributed by atoms with van der Waals surface area (Å²) in [4.78, 5) is 37.1. The molecule has 0 bridgehead atoms. The van der Waals surface area contributed by atoms with Crippen LogP contribution in [0.4, 0.5) is 8.78 Å². The van der Waals surface area contributed by atoms with Crippen LogP contribution in [0.5, 0.6) is 0 Å². The number of benzene rings is 4. The number of aryl methyl sites for hydroxylation is 2. The number of hydrogen-bond acceptors (Lipinski definition) is 5. The molecule has 2 aromatic heterocycles. The van der Waals surface area contributed by atoms with Crippen LogP contribution in [0, 0.1) is 56.6 Å². The molecule has 4 N–H and O–H groups in total. The number of carbonyl (C=O) groups is 2. The van der Waals surface area contributed by atoms with Crippen LogP contribution < -0.4 is 5.32 Å². The fourth-order valence-electron chi connectivity index (χ4n) is 7.70. The predicted octanol–water partition coefficient (Wildman–Crippen LogP) is 7.62. The van der Waals surface area contributed by atoms with Crippen molar-refractivity contribution >= 4 is 42.0 Å². The van der Waals surface area contributed by atoms with E-state index in [1.165, 1.54) is 29.8 Å². The number of nitrogens with one attached hydrogen (secondary N) is 3. The summed E-state index contributed by atoms with van der Waals surface area (Å²) in [6, 6.07) is 26.3. The monoisotopic (exact) mass is 1030 g/mol. The van der Waals surface area contributed by atoms with Crippen LogP contribution in [0.1, 0.15) is 70.7 Å². The average Bonchev–Trinajstić information content (AvgIpc) is 3.88. The Balaban J connectivity index is 0.000000210. The van der Waals surface area contributed by atoms with E-state index >= 15 is 0 Å². The number of aromatic nitrogens is 2. The molecule has 309 valence electrons. The molecule has 4 aromatic carbocycles. The van der Waals surface area contributed by atoms with Gasteiger partial charge in [-0.3, -0.25) is 14.6 Å². The largest absolute Gasteiger partial charge is 0.478 e. The van der Waals surface area contributed by atoms with E-state index in [0.717, 1.165) is 76.8 Å². The number of amides is 1. The van der Waals surface area contributed by atoms with E-state index in [4.69, 9.17) is 7.78 Å². The maximum atomic E-state index is 13.3. The van der Waals surface area contributed by atoms with E-state index in [9.17, 15) is 18.4 Å². The molecule has 4 atom stereocenters. The molecule has 2 aliphatic heterocycles. The van der Waals surface area contributed by atoms with Gasteiger partial charge in [-0.05, 0) is 127 Å². The molecule has 0 unspecified atom stereocenters. The van der Waals surface area contributed by atoms with Gasteiger partial charge in [0.2, 0.25) is 0 Å². The van der Waals surface area contributed by atoms with Gasteiger partial charge in [-0.2, -0.15) is 0 Å². The van der Waals surface area contributed by atoms with Crippen LogP contribution >= 0.6 is 0 Å². The van der Waals surface area contributed by atoms with E-state index < -0.39 is 5.97 Å². The van der Waals surface area contributed by atoms with Crippen LogP contribution in [0.25, 0.3) is 21.8 Å². The molecule has 2 aliphatic rings. The van der Waals surface area contributed by atoms with Gasteiger partial charge >= 0.3 is 5.97 Å². The maximum Gasteiger partial charge on any atom is 0.335 e. The van der Waals surface area contributed by atoms with Gasteiger partial charge in [-0.15, -0.1) is 0 Å². The summed E-state index contributed by atoms with van der Waals surface area (Å²) in [6.45, 7) is 17.7. The van der Waals surface area contributed by atoms with Crippen LogP contribution in [0.2, 0.25) is 0 Å². The van der Waals surface area contributed by atoms with Gasteiger partial charge in [-0.25, -0.2) is 13.6 Å². The van der Waals surface area contributed by atoms with Crippen molar-refractivity contribution in [1.82, 2.24) is 30.0 Å². The fraction of sp³-hybridized carbons (Fsp3) is 0.348. The topological polar surface area (TPSA) is 108 Å². The summed E-state index contributed by atoms with van der Waals surface area (Å²) in [7, 11) is 0.500. The summed E-state index contributed by atoms with van der Waals surface area (Å²) in [5, 5.41) is 14.3. The molecule has 59 heavy (non-hydrogen) atoms. The van der Waals surface area contributed by atoms with E-state index in [-0.39, 0.29) is 60.7 Å². The zero-order valence-electron chi connectivity index (χ0n) is 36.7. The molecule has 8 rings (SSSR count). The summed E-state index contributed by atoms with van der Waals surface area (Å²) < 4.78 is 37.4. The SMILES string of the molecule is C[C@@H]1CN(Cc2ccc(F)cc2)[C@@H](C)CN1.Cc1cc2[nH]ccc2cc1C(=O)N1C[C@H](C)N(Cc2ccc(F)cc2)C[C@H]1C.Cc1cc2[nH]ccc2cc1C(=O)O.[3H][B][3H].[U]. The number of carboxylic acids is 1. The van der Waals surface area contributed by atoms with Crippen molar-refractivity contribution in [3.05, 3.63) is 142 Å². The summed E-state index contributed by atoms with van der Waals surface area (Å²) in [6.07, 6.45) is 3.70. The minimum Gasteiger partial charge on any atom is -0.478 e. The standard InChI is InChI=1S/C23H26FN3O.C13H19FN2.C10H9NO2.BH2.U/c1-15-10-22-19(8-9-25-22)11-21(15)23(28)27-13-16(2)26(12-17(27)3)14-18-4-6-20(24)7-5-18;1-10-8-16(11(2)7-15-10)9-12-3-5-13(14)6-4-12;1-6-4-9-7(2-3-11-9)5-8(6)10(12)13;;/h4-11,16-17,25H,12-14H2,1-3H3;3-6,10-11,15H,7-9H2,1-2H3;2-5,11H,1H3,(H,12,13);1H2;/t16-,17+;10-,11+;;;/m01.../s1/i;;;1T2;. The first-order valence-corrected chi connectivity index (χ1v) is 19.7. The molecule has 6 aromatic rings. The molecule has 9 nitrogen and oxygen atoms in total. The smallest absolute Gasteiger partial charge is 0.335 e. The summed E-state index contributed by atoms with van der Waals surface area (Å²) in [5.74, 6) is -1.15. The second kappa shape index (κ2) is 21.3. The average molecular weight is 1030 g/mol. The van der Waals surface area contributed by atoms with Crippen LogP contribution in [0.15, 0.2) is 97.3 Å². The Morgan fingerprint density at radius 1 is 0.712 bits per heavy atom.